The number of anilines is 2. The van der Waals surface area contributed by atoms with Crippen LogP contribution in [-0.4, -0.2) is 90.2 Å². The molecule has 0 spiro atoms. The number of carbonyl (C=O) groups is 2. The number of aromatic amines is 2. The quantitative estimate of drug-likeness (QED) is 0.0514. The fourth-order valence-electron chi connectivity index (χ4n) is 5.81. The Labute approximate surface area is 345 Å². The van der Waals surface area contributed by atoms with E-state index in [-0.39, 0.29) is 24.5 Å². The minimum absolute atomic E-state index is 0.231. The molecule has 6 rings (SSSR count). The second kappa shape index (κ2) is 19.9. The molecule has 4 aromatic heterocycles. The molecule has 2 aromatic carbocycles. The fraction of sp³-hybridized carbons (Fsp3) is 0.316. The Kier molecular flexibility index (Phi) is 14.9. The zero-order valence-electron chi connectivity index (χ0n) is 32.7. The van der Waals surface area contributed by atoms with Gasteiger partial charge in [-0.3, -0.25) is 33.6 Å². The van der Waals surface area contributed by atoms with Crippen molar-refractivity contribution in [1.82, 2.24) is 30.4 Å². The molecule has 0 saturated carbocycles. The van der Waals surface area contributed by atoms with Crippen LogP contribution in [0.3, 0.4) is 0 Å². The number of aromatic nitrogens is 6. The molecule has 16 nitrogen and oxygen atoms in total. The summed E-state index contributed by atoms with van der Waals surface area (Å²) in [4.78, 5) is 33.5. The molecule has 4 heterocycles. The van der Waals surface area contributed by atoms with E-state index in [9.17, 15) is 48.4 Å². The second-order valence-electron chi connectivity index (χ2n) is 13.1. The minimum Gasteiger partial charge on any atom is -0.476 e. The van der Waals surface area contributed by atoms with E-state index in [0.29, 0.717) is 58.7 Å². The van der Waals surface area contributed by atoms with Crippen LogP contribution in [0.2, 0.25) is 0 Å². The van der Waals surface area contributed by atoms with E-state index in [4.69, 9.17) is 9.47 Å². The summed E-state index contributed by atoms with van der Waals surface area (Å²) >= 11 is 0. The summed E-state index contributed by atoms with van der Waals surface area (Å²) in [6, 6.07) is 6.61. The molecule has 6 aromatic rings. The van der Waals surface area contributed by atoms with Crippen molar-refractivity contribution in [2.24, 2.45) is 0 Å². The van der Waals surface area contributed by atoms with E-state index in [2.05, 4.69) is 35.1 Å². The lowest BCUT2D eigenvalue weighted by molar-refractivity contribution is 0.0976. The third-order valence-electron chi connectivity index (χ3n) is 8.46. The summed E-state index contributed by atoms with van der Waals surface area (Å²) in [6.45, 7) is 5.07. The molecule has 0 aliphatic heterocycles. The molecule has 0 atom stereocenters. The van der Waals surface area contributed by atoms with Crippen LogP contribution in [0.1, 0.15) is 65.5 Å². The van der Waals surface area contributed by atoms with Crippen molar-refractivity contribution in [2.45, 2.75) is 46.5 Å². The van der Waals surface area contributed by atoms with Crippen LogP contribution < -0.4 is 18.9 Å². The average Bonchev–Trinajstić information content (AvgIpc) is 3.80. The molecular weight excluding hydrogens is 856 g/mol. The van der Waals surface area contributed by atoms with Gasteiger partial charge in [0.05, 0.1) is 64.7 Å². The van der Waals surface area contributed by atoms with Crippen LogP contribution in [0.25, 0.3) is 22.1 Å². The van der Waals surface area contributed by atoms with E-state index in [1.165, 1.54) is 12.4 Å². The molecule has 0 bridgehead atoms. The molecule has 0 radical (unpaired) electrons. The van der Waals surface area contributed by atoms with Gasteiger partial charge in [0.2, 0.25) is 31.8 Å². The predicted octanol–water partition coefficient (Wildman–Crippen LogP) is 6.37. The maximum absolute atomic E-state index is 14.8. The first-order chi connectivity index (χ1) is 29.0. The van der Waals surface area contributed by atoms with Crippen LogP contribution in [0, 0.1) is 23.3 Å². The zero-order chi connectivity index (χ0) is 44.5. The van der Waals surface area contributed by atoms with Gasteiger partial charge in [-0.2, -0.15) is 0 Å². The van der Waals surface area contributed by atoms with Gasteiger partial charge in [0.25, 0.3) is 0 Å². The molecular formula is C38H39F5N8O8S2. The normalized spacial score (nSPS) is 11.6. The second-order valence-corrected chi connectivity index (χ2v) is 16.7. The number of rotatable bonds is 19. The standard InChI is InChI=1S/C19H19F3N4O4S.C19H20F2N4O4S/c1-2-30-19-12-8-11(10-23-18(12)24-25-19)9-15(27)16-13(21)4-5-14(17(16)22)26-31(28,29)7-3-6-20;1-3-7-30(27,28)25-14-6-5-13(20)16(17(14)21)15(26)9-11-8-12-18(22-10-11)23-24-19(12)29-4-2/h4-5,8,10,26H,2-3,6-7,9H2,1H3,(H,23,24,25);5-6,8,10,25H,3-4,7,9H2,1-2H3,(H,22,23,24). The Morgan fingerprint density at radius 1 is 0.672 bits per heavy atom. The molecule has 0 aliphatic rings. The largest absolute Gasteiger partial charge is 0.476 e. The van der Waals surface area contributed by atoms with Crippen molar-refractivity contribution in [1.29, 1.82) is 0 Å². The third-order valence-corrected chi connectivity index (χ3v) is 11.3. The lowest BCUT2D eigenvalue weighted by atomic mass is 10.0. The number of ketones is 2. The van der Waals surface area contributed by atoms with Gasteiger partial charge < -0.3 is 9.47 Å². The summed E-state index contributed by atoms with van der Waals surface area (Å²) in [5.41, 5.74) is -1.16. The molecule has 0 saturated heterocycles. The molecule has 326 valence electrons. The lowest BCUT2D eigenvalue weighted by Crippen LogP contribution is -2.19. The SMILES string of the molecule is CCCS(=O)(=O)Nc1ccc(F)c(C(=O)Cc2cnc3[nH]nc(OCC)c3c2)c1F.CCOc1n[nH]c2ncc(CC(=O)c3c(F)ccc(NS(=O)(=O)CCCF)c3F)cc12. The number of hydrogen-bond acceptors (Lipinski definition) is 12. The molecule has 23 heteroatoms. The molecule has 0 unspecified atom stereocenters. The average molecular weight is 895 g/mol. The fourth-order valence-corrected chi connectivity index (χ4v) is 8.02. The van der Waals surface area contributed by atoms with Gasteiger partial charge in [0.15, 0.2) is 34.5 Å². The highest BCUT2D eigenvalue weighted by Gasteiger charge is 2.25. The highest BCUT2D eigenvalue weighted by Crippen LogP contribution is 2.28. The van der Waals surface area contributed by atoms with Crippen LogP contribution in [0.15, 0.2) is 48.8 Å². The number of hydrogen-bond donors (Lipinski definition) is 4. The summed E-state index contributed by atoms with van der Waals surface area (Å²) in [6.07, 6.45) is 2.03. The lowest BCUT2D eigenvalue weighted by Gasteiger charge is -2.11. The Hall–Kier alpha value is -6.23. The van der Waals surface area contributed by atoms with Gasteiger partial charge >= 0.3 is 0 Å². The maximum Gasteiger partial charge on any atom is 0.242 e. The van der Waals surface area contributed by atoms with Crippen molar-refractivity contribution in [3.63, 3.8) is 0 Å². The summed E-state index contributed by atoms with van der Waals surface area (Å²) in [7, 11) is -7.87. The van der Waals surface area contributed by atoms with Crippen molar-refractivity contribution in [3.8, 4) is 11.8 Å². The number of carbonyl (C=O) groups excluding carboxylic acids is 2. The van der Waals surface area contributed by atoms with Crippen LogP contribution in [-0.2, 0) is 32.9 Å². The Balaban J connectivity index is 0.000000231. The number of ether oxygens (including phenoxy) is 2. The van der Waals surface area contributed by atoms with Crippen molar-refractivity contribution < 1.29 is 57.9 Å². The topological polar surface area (TPSA) is 228 Å². The summed E-state index contributed by atoms with van der Waals surface area (Å²) in [5, 5.41) is 14.3. The number of alkyl halides is 1. The van der Waals surface area contributed by atoms with Crippen molar-refractivity contribution in [3.05, 3.63) is 94.3 Å². The third kappa shape index (κ3) is 11.3. The molecule has 0 amide bonds. The maximum atomic E-state index is 14.8. The Bertz CT molecular complexity index is 2790. The number of halogens is 5. The van der Waals surface area contributed by atoms with Gasteiger partial charge in [0.1, 0.15) is 11.6 Å². The number of benzene rings is 2. The van der Waals surface area contributed by atoms with E-state index < -0.39 is 96.2 Å². The van der Waals surface area contributed by atoms with E-state index in [1.807, 2.05) is 4.72 Å². The first-order valence-corrected chi connectivity index (χ1v) is 21.8. The highest BCUT2D eigenvalue weighted by atomic mass is 32.2. The van der Waals surface area contributed by atoms with Gasteiger partial charge in [-0.25, -0.2) is 44.4 Å². The number of nitrogens with zero attached hydrogens (tertiary/aromatic N) is 4. The van der Waals surface area contributed by atoms with Gasteiger partial charge in [0, 0.05) is 25.2 Å². The van der Waals surface area contributed by atoms with Crippen LogP contribution in [0.5, 0.6) is 11.8 Å². The molecule has 4 N–H and O–H groups in total. The number of sulfonamides is 2. The van der Waals surface area contributed by atoms with Crippen LogP contribution in [0.4, 0.5) is 33.3 Å². The van der Waals surface area contributed by atoms with Crippen molar-refractivity contribution in [2.75, 3.05) is 40.8 Å². The van der Waals surface area contributed by atoms with Gasteiger partial charge in [-0.1, -0.05) is 6.92 Å². The van der Waals surface area contributed by atoms with Gasteiger partial charge in [-0.05, 0) is 74.2 Å². The number of pyridine rings is 2. The van der Waals surface area contributed by atoms with E-state index >= 15 is 0 Å². The first kappa shape index (κ1) is 45.8. The monoisotopic (exact) mass is 894 g/mol. The molecule has 0 aliphatic carbocycles. The smallest absolute Gasteiger partial charge is 0.242 e. The van der Waals surface area contributed by atoms with E-state index in [1.54, 1.807) is 32.9 Å². The van der Waals surface area contributed by atoms with Crippen molar-refractivity contribution >= 4 is 65.1 Å². The molecule has 61 heavy (non-hydrogen) atoms. The van der Waals surface area contributed by atoms with E-state index in [0.717, 1.165) is 24.3 Å². The predicted molar refractivity (Wildman–Crippen MR) is 215 cm³/mol. The zero-order valence-corrected chi connectivity index (χ0v) is 34.4. The summed E-state index contributed by atoms with van der Waals surface area (Å²) in [5.74, 6) is -6.82. The number of fused-ring (bicyclic) bond motifs is 2. The van der Waals surface area contributed by atoms with Crippen LogP contribution >= 0.6 is 0 Å². The number of Topliss-reactive ketones (excluding diaryl/α,β-unsaturated/α-hetero) is 2. The Morgan fingerprint density at radius 2 is 1.10 bits per heavy atom. The summed E-state index contributed by atoms with van der Waals surface area (Å²) < 4.78 is 133. The Morgan fingerprint density at radius 3 is 1.49 bits per heavy atom. The number of H-pyrrole nitrogens is 2. The number of nitrogens with one attached hydrogen (secondary N) is 4. The molecule has 0 fully saturated rings. The minimum atomic E-state index is -4.06. The van der Waals surface area contributed by atoms with Gasteiger partial charge in [-0.15, -0.1) is 10.2 Å². The first-order valence-electron chi connectivity index (χ1n) is 18.5. The highest BCUT2D eigenvalue weighted by molar-refractivity contribution is 7.92.